The van der Waals surface area contributed by atoms with Gasteiger partial charge in [0.25, 0.3) is 0 Å². The number of methoxy groups -OCH3 is 1. The second-order valence-electron chi connectivity index (χ2n) is 8.05. The van der Waals surface area contributed by atoms with Gasteiger partial charge in [-0.3, -0.25) is 10.1 Å². The average molecular weight is 421 g/mol. The zero-order valence-electron chi connectivity index (χ0n) is 18.2. The molecule has 1 aliphatic rings. The van der Waals surface area contributed by atoms with Crippen LogP contribution in [0.3, 0.4) is 0 Å². The molecule has 0 unspecified atom stereocenters. The molecule has 162 valence electrons. The number of nitrogens with one attached hydrogen (secondary N) is 2. The first-order valence-electron chi connectivity index (χ1n) is 10.2. The molecule has 1 heterocycles. The Hall–Kier alpha value is -3.54. The third-order valence-corrected chi connectivity index (χ3v) is 4.94. The van der Waals surface area contributed by atoms with E-state index in [1.54, 1.807) is 43.5 Å². The molecule has 0 spiro atoms. The first-order valence-corrected chi connectivity index (χ1v) is 10.2. The number of benzene rings is 2. The van der Waals surface area contributed by atoms with Crippen molar-refractivity contribution in [3.8, 4) is 5.75 Å². The fourth-order valence-corrected chi connectivity index (χ4v) is 3.51. The molecule has 0 fully saturated rings. The van der Waals surface area contributed by atoms with Gasteiger partial charge >= 0.3 is 6.09 Å². The number of amides is 1. The molecular weight excluding hydrogens is 392 g/mol. The maximum absolute atomic E-state index is 13.0. The summed E-state index contributed by atoms with van der Waals surface area (Å²) in [5, 5.41) is 6.11. The number of hydrogen-bond acceptors (Lipinski definition) is 5. The van der Waals surface area contributed by atoms with Crippen LogP contribution in [-0.4, -0.2) is 31.1 Å². The van der Waals surface area contributed by atoms with Gasteiger partial charge in [0.2, 0.25) is 0 Å². The van der Waals surface area contributed by atoms with Crippen molar-refractivity contribution in [3.63, 3.8) is 0 Å². The fourth-order valence-electron chi connectivity index (χ4n) is 3.51. The van der Waals surface area contributed by atoms with E-state index in [1.807, 2.05) is 18.2 Å². The number of hydrogen-bond donors (Lipinski definition) is 2. The first-order chi connectivity index (χ1) is 14.8. The lowest BCUT2D eigenvalue weighted by atomic mass is 9.85. The summed E-state index contributed by atoms with van der Waals surface area (Å²) in [6, 6.07) is 12.7. The number of carbonyl (C=O) groups is 2. The van der Waals surface area contributed by atoms with Crippen molar-refractivity contribution in [2.45, 2.75) is 32.2 Å². The van der Waals surface area contributed by atoms with Crippen LogP contribution in [0.25, 0.3) is 5.70 Å². The first kappa shape index (κ1) is 22.2. The predicted octanol–water partition coefficient (Wildman–Crippen LogP) is 4.97. The van der Waals surface area contributed by atoms with Crippen molar-refractivity contribution in [2.75, 3.05) is 19.0 Å². The van der Waals surface area contributed by atoms with Gasteiger partial charge in [-0.2, -0.15) is 0 Å². The quantitative estimate of drug-likeness (QED) is 0.286. The average Bonchev–Trinajstić information content (AvgIpc) is 2.73. The Morgan fingerprint density at radius 2 is 2.03 bits per heavy atom. The molecule has 2 aromatic carbocycles. The van der Waals surface area contributed by atoms with Gasteiger partial charge in [-0.15, -0.1) is 6.58 Å². The summed E-state index contributed by atoms with van der Waals surface area (Å²) in [4.78, 5) is 24.9. The highest BCUT2D eigenvalue weighted by Gasteiger charge is 2.28. The van der Waals surface area contributed by atoms with Crippen LogP contribution in [0.15, 0.2) is 61.2 Å². The Bertz CT molecular complexity index is 1020. The van der Waals surface area contributed by atoms with Crippen molar-refractivity contribution in [2.24, 2.45) is 0 Å². The van der Waals surface area contributed by atoms with Gasteiger partial charge < -0.3 is 14.8 Å². The molecule has 31 heavy (non-hydrogen) atoms. The van der Waals surface area contributed by atoms with E-state index in [0.29, 0.717) is 17.7 Å². The lowest BCUT2D eigenvalue weighted by Gasteiger charge is -2.35. The third-order valence-electron chi connectivity index (χ3n) is 4.94. The maximum atomic E-state index is 13.0. The third kappa shape index (κ3) is 5.75. The molecule has 0 aromatic heterocycles. The summed E-state index contributed by atoms with van der Waals surface area (Å²) < 4.78 is 10.4. The van der Waals surface area contributed by atoms with E-state index in [-0.39, 0.29) is 17.9 Å². The SMILES string of the molecule is C=CCCOC(=O)Nc1cccc(C(=O)/C=C2\NC(C)(C)Cc3ccc(OC)cc32)c1. The van der Waals surface area contributed by atoms with Crippen molar-refractivity contribution in [1.29, 1.82) is 0 Å². The van der Waals surface area contributed by atoms with Crippen molar-refractivity contribution < 1.29 is 19.1 Å². The Balaban J connectivity index is 1.83. The number of rotatable bonds is 7. The molecule has 2 N–H and O–H groups in total. The molecule has 2 aromatic rings. The van der Waals surface area contributed by atoms with Crippen molar-refractivity contribution >= 4 is 23.3 Å². The van der Waals surface area contributed by atoms with Gasteiger partial charge in [0.05, 0.1) is 13.7 Å². The minimum absolute atomic E-state index is 0.169. The zero-order chi connectivity index (χ0) is 22.4. The number of anilines is 1. The lowest BCUT2D eigenvalue weighted by Crippen LogP contribution is -2.43. The standard InChI is InChI=1S/C25H28N2O4/c1-5-6-12-31-24(29)26-19-9-7-8-17(13-19)23(28)15-22-21-14-20(30-4)11-10-18(21)16-25(2,3)27-22/h5,7-11,13-15,27H,1,6,12,16H2,2-4H3,(H,26,29)/b22-15-. The molecule has 0 bridgehead atoms. The maximum Gasteiger partial charge on any atom is 0.411 e. The van der Waals surface area contributed by atoms with Gasteiger partial charge in [-0.05, 0) is 56.5 Å². The predicted molar refractivity (Wildman–Crippen MR) is 122 cm³/mol. The lowest BCUT2D eigenvalue weighted by molar-refractivity contribution is 0.104. The number of ketones is 1. The number of ether oxygens (including phenoxy) is 2. The van der Waals surface area contributed by atoms with Crippen LogP contribution in [0.4, 0.5) is 10.5 Å². The minimum atomic E-state index is -0.568. The molecular formula is C25H28N2O4. The van der Waals surface area contributed by atoms with E-state index in [0.717, 1.165) is 29.0 Å². The summed E-state index contributed by atoms with van der Waals surface area (Å²) in [6.07, 6.45) is 4.12. The Morgan fingerprint density at radius 1 is 1.23 bits per heavy atom. The molecule has 0 saturated carbocycles. The van der Waals surface area contributed by atoms with Gasteiger partial charge in [0, 0.05) is 34.1 Å². The van der Waals surface area contributed by atoms with Crippen LogP contribution in [0.1, 0.15) is 41.8 Å². The summed E-state index contributed by atoms with van der Waals surface area (Å²) >= 11 is 0. The molecule has 1 amide bonds. The Kier molecular flexibility index (Phi) is 6.80. The van der Waals surface area contributed by atoms with E-state index in [9.17, 15) is 9.59 Å². The van der Waals surface area contributed by atoms with Gasteiger partial charge in [-0.1, -0.05) is 24.3 Å². The summed E-state index contributed by atoms with van der Waals surface area (Å²) in [5.41, 5.74) is 3.62. The Morgan fingerprint density at radius 3 is 2.77 bits per heavy atom. The zero-order valence-corrected chi connectivity index (χ0v) is 18.2. The number of fused-ring (bicyclic) bond motifs is 1. The molecule has 0 atom stereocenters. The van der Waals surface area contributed by atoms with Crippen LogP contribution >= 0.6 is 0 Å². The van der Waals surface area contributed by atoms with E-state index in [2.05, 4.69) is 31.1 Å². The van der Waals surface area contributed by atoms with E-state index >= 15 is 0 Å². The smallest absolute Gasteiger partial charge is 0.411 e. The summed E-state index contributed by atoms with van der Waals surface area (Å²) in [6.45, 7) is 8.04. The fraction of sp³-hybridized carbons (Fsp3) is 0.280. The van der Waals surface area contributed by atoms with E-state index in [4.69, 9.17) is 9.47 Å². The summed E-state index contributed by atoms with van der Waals surface area (Å²) in [7, 11) is 1.62. The van der Waals surface area contributed by atoms with E-state index in [1.165, 1.54) is 0 Å². The molecule has 6 nitrogen and oxygen atoms in total. The van der Waals surface area contributed by atoms with Crippen LogP contribution < -0.4 is 15.4 Å². The second kappa shape index (κ2) is 9.51. The molecule has 1 aliphatic heterocycles. The van der Waals surface area contributed by atoms with E-state index < -0.39 is 6.09 Å². The topological polar surface area (TPSA) is 76.7 Å². The normalized spacial score (nSPS) is 15.4. The number of carbonyl (C=O) groups excluding carboxylic acids is 2. The largest absolute Gasteiger partial charge is 0.497 e. The van der Waals surface area contributed by atoms with Gasteiger partial charge in [-0.25, -0.2) is 4.79 Å². The van der Waals surface area contributed by atoms with Crippen LogP contribution in [0.5, 0.6) is 5.75 Å². The second-order valence-corrected chi connectivity index (χ2v) is 8.05. The Labute approximate surface area is 182 Å². The monoisotopic (exact) mass is 420 g/mol. The minimum Gasteiger partial charge on any atom is -0.497 e. The van der Waals surface area contributed by atoms with Crippen LogP contribution in [-0.2, 0) is 11.2 Å². The molecule has 0 saturated heterocycles. The van der Waals surface area contributed by atoms with Gasteiger partial charge in [0.15, 0.2) is 5.78 Å². The molecule has 6 heteroatoms. The van der Waals surface area contributed by atoms with Gasteiger partial charge in [0.1, 0.15) is 5.75 Å². The summed E-state index contributed by atoms with van der Waals surface area (Å²) in [5.74, 6) is 0.567. The highest BCUT2D eigenvalue weighted by Crippen LogP contribution is 2.32. The molecule has 0 aliphatic carbocycles. The molecule has 3 rings (SSSR count). The van der Waals surface area contributed by atoms with Crippen molar-refractivity contribution in [1.82, 2.24) is 5.32 Å². The van der Waals surface area contributed by atoms with Crippen molar-refractivity contribution in [3.05, 3.63) is 77.9 Å². The van der Waals surface area contributed by atoms with Crippen LogP contribution in [0.2, 0.25) is 0 Å². The van der Waals surface area contributed by atoms with Crippen LogP contribution in [0, 0.1) is 0 Å². The highest BCUT2D eigenvalue weighted by molar-refractivity contribution is 6.09. The molecule has 0 radical (unpaired) electrons. The number of allylic oxidation sites excluding steroid dienone is 1. The highest BCUT2D eigenvalue weighted by atomic mass is 16.5.